The van der Waals surface area contributed by atoms with Gasteiger partial charge in [0, 0.05) is 19.8 Å². The average molecular weight is 274 g/mol. The monoisotopic (exact) mass is 274 g/mol. The zero-order valence-electron chi connectivity index (χ0n) is 10.8. The van der Waals surface area contributed by atoms with E-state index in [1.54, 1.807) is 30.1 Å². The summed E-state index contributed by atoms with van der Waals surface area (Å²) >= 11 is 0. The number of anilines is 1. The van der Waals surface area contributed by atoms with Crippen LogP contribution in [0.2, 0.25) is 0 Å². The number of urea groups is 1. The number of carboxylic acids is 1. The van der Waals surface area contributed by atoms with Gasteiger partial charge in [-0.3, -0.25) is 4.68 Å². The maximum atomic E-state index is 11.6. The van der Waals surface area contributed by atoms with Crippen LogP contribution in [0.4, 0.5) is 10.5 Å². The lowest BCUT2D eigenvalue weighted by Gasteiger charge is -2.06. The third kappa shape index (κ3) is 3.58. The standard InChI is InChI=1S/C13H14N4O3/c1-17-8-11(7-15-17)16-13(20)14-6-9-3-2-4-10(5-9)12(18)19/h2-5,7-8H,6H2,1H3,(H,18,19)(H2,14,16,20). The van der Waals surface area contributed by atoms with Crippen molar-refractivity contribution in [2.75, 3.05) is 5.32 Å². The lowest BCUT2D eigenvalue weighted by atomic mass is 10.1. The van der Waals surface area contributed by atoms with Crippen molar-refractivity contribution >= 4 is 17.7 Å². The molecule has 104 valence electrons. The minimum Gasteiger partial charge on any atom is -0.478 e. The van der Waals surface area contributed by atoms with Gasteiger partial charge in [-0.1, -0.05) is 12.1 Å². The fraction of sp³-hybridized carbons (Fsp3) is 0.154. The maximum Gasteiger partial charge on any atom is 0.335 e. The van der Waals surface area contributed by atoms with Crippen molar-refractivity contribution in [1.82, 2.24) is 15.1 Å². The first-order valence-corrected chi connectivity index (χ1v) is 5.90. The molecule has 0 atom stereocenters. The zero-order valence-corrected chi connectivity index (χ0v) is 10.8. The molecule has 0 aliphatic carbocycles. The number of amides is 2. The highest BCUT2D eigenvalue weighted by atomic mass is 16.4. The molecule has 7 heteroatoms. The van der Waals surface area contributed by atoms with Crippen molar-refractivity contribution in [2.45, 2.75) is 6.54 Å². The van der Waals surface area contributed by atoms with Crippen LogP contribution in [0.3, 0.4) is 0 Å². The summed E-state index contributed by atoms with van der Waals surface area (Å²) in [6.45, 7) is 0.243. The van der Waals surface area contributed by atoms with Gasteiger partial charge in [-0.2, -0.15) is 5.10 Å². The Bertz CT molecular complexity index is 636. The zero-order chi connectivity index (χ0) is 14.5. The number of aryl methyl sites for hydroxylation is 1. The molecule has 20 heavy (non-hydrogen) atoms. The predicted octanol–water partition coefficient (Wildman–Crippen LogP) is 1.44. The summed E-state index contributed by atoms with van der Waals surface area (Å²) in [5.41, 5.74) is 1.49. The molecular formula is C13H14N4O3. The topological polar surface area (TPSA) is 96.2 Å². The van der Waals surface area contributed by atoms with Crippen molar-refractivity contribution < 1.29 is 14.7 Å². The van der Waals surface area contributed by atoms with Crippen LogP contribution in [-0.2, 0) is 13.6 Å². The summed E-state index contributed by atoms with van der Waals surface area (Å²) in [5.74, 6) is -0.994. The van der Waals surface area contributed by atoms with Gasteiger partial charge >= 0.3 is 12.0 Å². The summed E-state index contributed by atoms with van der Waals surface area (Å²) in [5, 5.41) is 18.1. The van der Waals surface area contributed by atoms with Crippen LogP contribution in [0.5, 0.6) is 0 Å². The Labute approximate surface area is 115 Å². The van der Waals surface area contributed by atoms with Crippen LogP contribution < -0.4 is 10.6 Å². The molecule has 0 aliphatic heterocycles. The van der Waals surface area contributed by atoms with Crippen LogP contribution in [0.1, 0.15) is 15.9 Å². The van der Waals surface area contributed by atoms with Gasteiger partial charge in [0.25, 0.3) is 0 Å². The fourth-order valence-corrected chi connectivity index (χ4v) is 1.66. The minimum atomic E-state index is -0.994. The van der Waals surface area contributed by atoms with Gasteiger partial charge in [0.1, 0.15) is 0 Å². The number of aromatic carboxylic acids is 1. The molecule has 7 nitrogen and oxygen atoms in total. The van der Waals surface area contributed by atoms with E-state index >= 15 is 0 Å². The van der Waals surface area contributed by atoms with Gasteiger partial charge < -0.3 is 15.7 Å². The molecule has 0 bridgehead atoms. The van der Waals surface area contributed by atoms with E-state index in [4.69, 9.17) is 5.11 Å². The molecule has 0 radical (unpaired) electrons. The summed E-state index contributed by atoms with van der Waals surface area (Å²) < 4.78 is 1.58. The Morgan fingerprint density at radius 2 is 2.20 bits per heavy atom. The van der Waals surface area contributed by atoms with Crippen LogP contribution in [0.25, 0.3) is 0 Å². The van der Waals surface area contributed by atoms with Gasteiger partial charge in [0.05, 0.1) is 17.4 Å². The van der Waals surface area contributed by atoms with E-state index in [9.17, 15) is 9.59 Å². The van der Waals surface area contributed by atoms with Crippen molar-refractivity contribution in [1.29, 1.82) is 0 Å². The van der Waals surface area contributed by atoms with E-state index in [0.717, 1.165) is 0 Å². The molecule has 0 aliphatic rings. The Hall–Kier alpha value is -2.83. The number of hydrogen-bond acceptors (Lipinski definition) is 3. The number of carbonyl (C=O) groups excluding carboxylic acids is 1. The Balaban J connectivity index is 1.90. The third-order valence-corrected chi connectivity index (χ3v) is 2.59. The van der Waals surface area contributed by atoms with Gasteiger partial charge in [-0.25, -0.2) is 9.59 Å². The largest absolute Gasteiger partial charge is 0.478 e. The second kappa shape index (κ2) is 5.87. The molecule has 1 aromatic carbocycles. The van der Waals surface area contributed by atoms with Crippen LogP contribution in [0, 0.1) is 0 Å². The average Bonchev–Trinajstić information content (AvgIpc) is 2.82. The number of rotatable bonds is 4. The Kier molecular flexibility index (Phi) is 3.99. The van der Waals surface area contributed by atoms with E-state index < -0.39 is 5.97 Å². The van der Waals surface area contributed by atoms with Crippen LogP contribution in [-0.4, -0.2) is 26.9 Å². The molecule has 0 spiro atoms. The molecule has 1 aromatic heterocycles. The van der Waals surface area contributed by atoms with Crippen molar-refractivity contribution in [2.24, 2.45) is 7.05 Å². The maximum absolute atomic E-state index is 11.6. The normalized spacial score (nSPS) is 10.1. The fourth-order valence-electron chi connectivity index (χ4n) is 1.66. The first kappa shape index (κ1) is 13.6. The second-order valence-electron chi connectivity index (χ2n) is 4.22. The molecule has 2 aromatic rings. The molecule has 3 N–H and O–H groups in total. The number of carbonyl (C=O) groups is 2. The first-order chi connectivity index (χ1) is 9.54. The number of benzene rings is 1. The SMILES string of the molecule is Cn1cc(NC(=O)NCc2cccc(C(=O)O)c2)cn1. The predicted molar refractivity (Wildman–Crippen MR) is 72.5 cm³/mol. The van der Waals surface area contributed by atoms with E-state index in [1.807, 2.05) is 0 Å². The lowest BCUT2D eigenvalue weighted by Crippen LogP contribution is -2.28. The molecule has 2 rings (SSSR count). The second-order valence-corrected chi connectivity index (χ2v) is 4.22. The van der Waals surface area contributed by atoms with Crippen LogP contribution >= 0.6 is 0 Å². The summed E-state index contributed by atoms with van der Waals surface area (Å²) in [4.78, 5) is 22.5. The number of carboxylic acid groups (broad SMARTS) is 1. The number of nitrogens with zero attached hydrogens (tertiary/aromatic N) is 2. The number of hydrogen-bond donors (Lipinski definition) is 3. The lowest BCUT2D eigenvalue weighted by molar-refractivity contribution is 0.0696. The molecule has 0 unspecified atom stereocenters. The van der Waals surface area contributed by atoms with Gasteiger partial charge in [0.15, 0.2) is 0 Å². The van der Waals surface area contributed by atoms with E-state index in [1.165, 1.54) is 18.3 Å². The van der Waals surface area contributed by atoms with Crippen LogP contribution in [0.15, 0.2) is 36.7 Å². The third-order valence-electron chi connectivity index (χ3n) is 2.59. The molecule has 1 heterocycles. The minimum absolute atomic E-state index is 0.192. The number of aromatic nitrogens is 2. The highest BCUT2D eigenvalue weighted by Crippen LogP contribution is 2.06. The van der Waals surface area contributed by atoms with Crippen molar-refractivity contribution in [3.8, 4) is 0 Å². The summed E-state index contributed by atoms with van der Waals surface area (Å²) in [6, 6.07) is 6.03. The van der Waals surface area contributed by atoms with Crippen molar-refractivity contribution in [3.63, 3.8) is 0 Å². The summed E-state index contributed by atoms with van der Waals surface area (Å²) in [6.07, 6.45) is 3.20. The quantitative estimate of drug-likeness (QED) is 0.786. The molecule has 0 fully saturated rings. The molecule has 0 saturated carbocycles. The highest BCUT2D eigenvalue weighted by Gasteiger charge is 2.05. The molecular weight excluding hydrogens is 260 g/mol. The Morgan fingerprint density at radius 3 is 2.85 bits per heavy atom. The smallest absolute Gasteiger partial charge is 0.335 e. The van der Waals surface area contributed by atoms with Gasteiger partial charge in [-0.05, 0) is 17.7 Å². The highest BCUT2D eigenvalue weighted by molar-refractivity contribution is 5.89. The van der Waals surface area contributed by atoms with Gasteiger partial charge in [0.2, 0.25) is 0 Å². The van der Waals surface area contributed by atoms with E-state index in [0.29, 0.717) is 11.3 Å². The first-order valence-electron chi connectivity index (χ1n) is 5.90. The molecule has 2 amide bonds. The van der Waals surface area contributed by atoms with Crippen molar-refractivity contribution in [3.05, 3.63) is 47.8 Å². The van der Waals surface area contributed by atoms with Gasteiger partial charge in [-0.15, -0.1) is 0 Å². The van der Waals surface area contributed by atoms with E-state index in [-0.39, 0.29) is 18.1 Å². The summed E-state index contributed by atoms with van der Waals surface area (Å²) in [7, 11) is 1.75. The van der Waals surface area contributed by atoms with E-state index in [2.05, 4.69) is 15.7 Å². The molecule has 0 saturated heterocycles. The Morgan fingerprint density at radius 1 is 1.40 bits per heavy atom. The number of nitrogens with one attached hydrogen (secondary N) is 2.